The highest BCUT2D eigenvalue weighted by Gasteiger charge is 2.22. The lowest BCUT2D eigenvalue weighted by Crippen LogP contribution is -2.27. The summed E-state index contributed by atoms with van der Waals surface area (Å²) < 4.78 is 40.6. The van der Waals surface area contributed by atoms with Gasteiger partial charge in [0.05, 0.1) is 10.6 Å². The van der Waals surface area contributed by atoms with Crippen LogP contribution in [-0.4, -0.2) is 27.5 Å². The molecule has 1 heterocycles. The molecule has 2 amide bonds. The predicted molar refractivity (Wildman–Crippen MR) is 89.1 cm³/mol. The number of carbonyl (C=O) groups is 1. The molecule has 1 aliphatic rings. The first-order valence-corrected chi connectivity index (χ1v) is 8.79. The molecule has 0 aliphatic carbocycles. The van der Waals surface area contributed by atoms with Crippen LogP contribution in [0.1, 0.15) is 5.56 Å². The Morgan fingerprint density at radius 1 is 1.17 bits per heavy atom. The summed E-state index contributed by atoms with van der Waals surface area (Å²) in [7, 11) is -3.83. The number of nitrogens with zero attached hydrogens (tertiary/aromatic N) is 1. The normalized spacial score (nSPS) is 14.6. The molecule has 1 aliphatic heterocycles. The van der Waals surface area contributed by atoms with Crippen LogP contribution in [0.5, 0.6) is 0 Å². The molecule has 3 rings (SSSR count). The molecule has 0 unspecified atom stereocenters. The van der Waals surface area contributed by atoms with Gasteiger partial charge >= 0.3 is 6.03 Å². The van der Waals surface area contributed by atoms with Crippen LogP contribution in [-0.2, 0) is 10.0 Å². The highest BCUT2D eigenvalue weighted by Crippen LogP contribution is 2.22. The standard InChI is InChI=1S/C16H16FN3O3S/c1-11-2-3-12(10-15(11)17)19-24(22,23)14-6-4-13(5-7-14)20-9-8-18-16(20)21/h2-7,10,19H,8-9H2,1H3,(H,18,21). The fourth-order valence-corrected chi connectivity index (χ4v) is 3.44. The Morgan fingerprint density at radius 3 is 2.46 bits per heavy atom. The lowest BCUT2D eigenvalue weighted by atomic mass is 10.2. The minimum absolute atomic E-state index is 0.0341. The van der Waals surface area contributed by atoms with Crippen LogP contribution < -0.4 is 14.9 Å². The van der Waals surface area contributed by atoms with Gasteiger partial charge in [-0.1, -0.05) is 6.07 Å². The number of rotatable bonds is 4. The van der Waals surface area contributed by atoms with Gasteiger partial charge < -0.3 is 5.32 Å². The largest absolute Gasteiger partial charge is 0.336 e. The van der Waals surface area contributed by atoms with Crippen LogP contribution in [0.2, 0.25) is 0 Å². The molecule has 1 saturated heterocycles. The van der Waals surface area contributed by atoms with E-state index in [0.717, 1.165) is 6.07 Å². The van der Waals surface area contributed by atoms with Crippen molar-refractivity contribution in [2.45, 2.75) is 11.8 Å². The fraction of sp³-hybridized carbons (Fsp3) is 0.188. The van der Waals surface area contributed by atoms with Crippen molar-refractivity contribution in [3.8, 4) is 0 Å². The third-order valence-corrected chi connectivity index (χ3v) is 5.14. The molecule has 0 saturated carbocycles. The Hall–Kier alpha value is -2.61. The van der Waals surface area contributed by atoms with E-state index in [0.29, 0.717) is 24.3 Å². The van der Waals surface area contributed by atoms with Gasteiger partial charge in [0.25, 0.3) is 10.0 Å². The first-order chi connectivity index (χ1) is 11.4. The van der Waals surface area contributed by atoms with Gasteiger partial charge in [-0.15, -0.1) is 0 Å². The van der Waals surface area contributed by atoms with Gasteiger partial charge in [0.2, 0.25) is 0 Å². The number of amides is 2. The second-order valence-corrected chi connectivity index (χ2v) is 7.13. The van der Waals surface area contributed by atoms with Crippen LogP contribution in [0.15, 0.2) is 47.4 Å². The van der Waals surface area contributed by atoms with Crippen molar-refractivity contribution in [3.63, 3.8) is 0 Å². The van der Waals surface area contributed by atoms with E-state index in [1.807, 2.05) is 0 Å². The molecule has 0 bridgehead atoms. The monoisotopic (exact) mass is 349 g/mol. The van der Waals surface area contributed by atoms with Gasteiger partial charge in [-0.05, 0) is 48.9 Å². The first-order valence-electron chi connectivity index (χ1n) is 7.31. The summed E-state index contributed by atoms with van der Waals surface area (Å²) in [6.07, 6.45) is 0. The molecular weight excluding hydrogens is 333 g/mol. The van der Waals surface area contributed by atoms with Gasteiger partial charge in [-0.3, -0.25) is 9.62 Å². The van der Waals surface area contributed by atoms with Crippen LogP contribution in [0, 0.1) is 12.7 Å². The summed E-state index contributed by atoms with van der Waals surface area (Å²) >= 11 is 0. The molecule has 24 heavy (non-hydrogen) atoms. The number of anilines is 2. The minimum atomic E-state index is -3.83. The van der Waals surface area contributed by atoms with Crippen molar-refractivity contribution in [2.75, 3.05) is 22.7 Å². The predicted octanol–water partition coefficient (Wildman–Crippen LogP) is 2.46. The van der Waals surface area contributed by atoms with E-state index in [2.05, 4.69) is 10.0 Å². The quantitative estimate of drug-likeness (QED) is 0.890. The zero-order valence-corrected chi connectivity index (χ0v) is 13.7. The van der Waals surface area contributed by atoms with E-state index < -0.39 is 15.8 Å². The molecular formula is C16H16FN3O3S. The van der Waals surface area contributed by atoms with E-state index in [1.54, 1.807) is 19.1 Å². The van der Waals surface area contributed by atoms with Gasteiger partial charge in [-0.25, -0.2) is 17.6 Å². The second kappa shape index (κ2) is 6.12. The molecule has 126 valence electrons. The van der Waals surface area contributed by atoms with Crippen LogP contribution in [0.4, 0.5) is 20.6 Å². The van der Waals surface area contributed by atoms with E-state index >= 15 is 0 Å². The third kappa shape index (κ3) is 3.18. The molecule has 6 nitrogen and oxygen atoms in total. The SMILES string of the molecule is Cc1ccc(NS(=O)(=O)c2ccc(N3CCNC3=O)cc2)cc1F. The smallest absolute Gasteiger partial charge is 0.321 e. The maximum Gasteiger partial charge on any atom is 0.321 e. The van der Waals surface area contributed by atoms with E-state index in [9.17, 15) is 17.6 Å². The molecule has 2 N–H and O–H groups in total. The molecule has 2 aromatic rings. The fourth-order valence-electron chi connectivity index (χ4n) is 2.39. The highest BCUT2D eigenvalue weighted by molar-refractivity contribution is 7.92. The lowest BCUT2D eigenvalue weighted by Gasteiger charge is -2.15. The number of carbonyl (C=O) groups excluding carboxylic acids is 1. The van der Waals surface area contributed by atoms with Gasteiger partial charge in [0, 0.05) is 18.8 Å². The Morgan fingerprint density at radius 2 is 1.88 bits per heavy atom. The zero-order valence-electron chi connectivity index (χ0n) is 12.9. The maximum absolute atomic E-state index is 13.5. The summed E-state index contributed by atoms with van der Waals surface area (Å²) in [5, 5.41) is 2.68. The molecule has 0 spiro atoms. The lowest BCUT2D eigenvalue weighted by molar-refractivity contribution is 0.252. The number of hydrogen-bond acceptors (Lipinski definition) is 3. The Bertz CT molecular complexity index is 882. The van der Waals surface area contributed by atoms with Crippen molar-refractivity contribution in [1.29, 1.82) is 0 Å². The van der Waals surface area contributed by atoms with E-state index in [-0.39, 0.29) is 16.6 Å². The maximum atomic E-state index is 13.5. The van der Waals surface area contributed by atoms with Crippen LogP contribution >= 0.6 is 0 Å². The number of urea groups is 1. The molecule has 0 radical (unpaired) electrons. The summed E-state index contributed by atoms with van der Waals surface area (Å²) in [6.45, 7) is 2.69. The van der Waals surface area contributed by atoms with Crippen molar-refractivity contribution >= 4 is 27.4 Å². The highest BCUT2D eigenvalue weighted by atomic mass is 32.2. The van der Waals surface area contributed by atoms with Gasteiger partial charge in [0.1, 0.15) is 5.82 Å². The number of nitrogens with one attached hydrogen (secondary N) is 2. The summed E-state index contributed by atoms with van der Waals surface area (Å²) in [5.74, 6) is -0.481. The molecule has 2 aromatic carbocycles. The molecule has 1 fully saturated rings. The number of halogens is 1. The van der Waals surface area contributed by atoms with Gasteiger partial charge in [-0.2, -0.15) is 0 Å². The Labute approximate surface area is 139 Å². The van der Waals surface area contributed by atoms with Crippen LogP contribution in [0.3, 0.4) is 0 Å². The number of aryl methyl sites for hydroxylation is 1. The first kappa shape index (κ1) is 16.3. The molecule has 0 aromatic heterocycles. The van der Waals surface area contributed by atoms with Crippen molar-refractivity contribution in [3.05, 3.63) is 53.8 Å². The average molecular weight is 349 g/mol. The summed E-state index contributed by atoms with van der Waals surface area (Å²) in [6, 6.07) is 9.88. The average Bonchev–Trinajstić information content (AvgIpc) is 2.97. The Kier molecular flexibility index (Phi) is 4.15. The number of sulfonamides is 1. The van der Waals surface area contributed by atoms with E-state index in [1.165, 1.54) is 29.2 Å². The Balaban J connectivity index is 1.81. The number of hydrogen-bond donors (Lipinski definition) is 2. The molecule has 0 atom stereocenters. The van der Waals surface area contributed by atoms with Crippen LogP contribution in [0.25, 0.3) is 0 Å². The minimum Gasteiger partial charge on any atom is -0.336 e. The summed E-state index contributed by atoms with van der Waals surface area (Å²) in [5.41, 5.74) is 1.21. The van der Waals surface area contributed by atoms with Gasteiger partial charge in [0.15, 0.2) is 0 Å². The van der Waals surface area contributed by atoms with Crippen molar-refractivity contribution < 1.29 is 17.6 Å². The topological polar surface area (TPSA) is 78.5 Å². The molecule has 8 heteroatoms. The summed E-state index contributed by atoms with van der Waals surface area (Å²) in [4.78, 5) is 13.2. The third-order valence-electron chi connectivity index (χ3n) is 3.74. The zero-order chi connectivity index (χ0) is 17.3. The number of benzene rings is 2. The van der Waals surface area contributed by atoms with E-state index in [4.69, 9.17) is 0 Å². The second-order valence-electron chi connectivity index (χ2n) is 5.45. The van der Waals surface area contributed by atoms with Crippen molar-refractivity contribution in [2.24, 2.45) is 0 Å². The van der Waals surface area contributed by atoms with Crippen molar-refractivity contribution in [1.82, 2.24) is 5.32 Å².